The van der Waals surface area contributed by atoms with Crippen LogP contribution in [0.1, 0.15) is 38.2 Å². The smallest absolute Gasteiger partial charge is 0.161 e. The molecule has 1 heterocycles. The lowest BCUT2D eigenvalue weighted by molar-refractivity contribution is 0.266. The molecule has 0 aromatic heterocycles. The zero-order valence-corrected chi connectivity index (χ0v) is 13.6. The minimum Gasteiger partial charge on any atom is -0.334 e. The molecule has 1 aromatic carbocycles. The van der Waals surface area contributed by atoms with Crippen molar-refractivity contribution in [2.45, 2.75) is 38.1 Å². The number of hydrogen-bond acceptors (Lipinski definition) is 4. The first kappa shape index (κ1) is 14.7. The van der Waals surface area contributed by atoms with E-state index in [2.05, 4.69) is 18.3 Å². The Bertz CT molecular complexity index is 622. The van der Waals surface area contributed by atoms with Crippen molar-refractivity contribution in [2.24, 2.45) is 10.9 Å². The molecule has 1 spiro atoms. The number of benzene rings is 1. The largest absolute Gasteiger partial charge is 0.334 e. The molecule has 2 aliphatic rings. The van der Waals surface area contributed by atoms with Gasteiger partial charge in [-0.05, 0) is 37.0 Å². The van der Waals surface area contributed by atoms with Crippen molar-refractivity contribution in [3.8, 4) is 6.07 Å². The average molecular weight is 320 g/mol. The number of nitriles is 1. The molecule has 1 aliphatic carbocycles. The van der Waals surface area contributed by atoms with Gasteiger partial charge in [-0.1, -0.05) is 43.1 Å². The first-order chi connectivity index (χ1) is 10.1. The predicted molar refractivity (Wildman–Crippen MR) is 90.0 cm³/mol. The monoisotopic (exact) mass is 319 g/mol. The van der Waals surface area contributed by atoms with Gasteiger partial charge in [0.1, 0.15) is 0 Å². The number of anilines is 1. The molecule has 2 unspecified atom stereocenters. The molecule has 1 aliphatic heterocycles. The van der Waals surface area contributed by atoms with Gasteiger partial charge in [-0.2, -0.15) is 5.26 Å². The molecule has 0 radical (unpaired) electrons. The van der Waals surface area contributed by atoms with Gasteiger partial charge in [0.2, 0.25) is 0 Å². The van der Waals surface area contributed by atoms with Crippen LogP contribution in [-0.2, 0) is 0 Å². The van der Waals surface area contributed by atoms with Crippen molar-refractivity contribution in [3.05, 3.63) is 28.8 Å². The molecule has 110 valence electrons. The Morgan fingerprint density at radius 3 is 3.14 bits per heavy atom. The standard InChI is InChI=1S/C16H18ClN3S/c1-11-3-2-6-16(8-11)10-21-15(20-16)19-14-7-12(9-18)4-5-13(14)17/h4-5,7,11H,2-3,6,8,10H2,1H3,(H,19,20). The quantitative estimate of drug-likeness (QED) is 0.818. The van der Waals surface area contributed by atoms with Crippen LogP contribution in [0, 0.1) is 17.2 Å². The maximum atomic E-state index is 8.99. The first-order valence-corrected chi connectivity index (χ1v) is 8.66. The minimum absolute atomic E-state index is 0.115. The molecule has 21 heavy (non-hydrogen) atoms. The lowest BCUT2D eigenvalue weighted by Gasteiger charge is -2.33. The SMILES string of the molecule is CC1CCCC2(CSC(Nc3cc(C#N)ccc3Cl)=N2)C1. The van der Waals surface area contributed by atoms with Crippen molar-refractivity contribution >= 4 is 34.2 Å². The van der Waals surface area contributed by atoms with Gasteiger partial charge in [0, 0.05) is 5.75 Å². The first-order valence-electron chi connectivity index (χ1n) is 7.30. The maximum absolute atomic E-state index is 8.99. The van der Waals surface area contributed by atoms with E-state index in [0.29, 0.717) is 10.6 Å². The number of halogens is 1. The van der Waals surface area contributed by atoms with E-state index in [0.717, 1.165) is 22.5 Å². The topological polar surface area (TPSA) is 48.2 Å². The molecule has 1 fully saturated rings. The Hall–Kier alpha value is -1.18. The van der Waals surface area contributed by atoms with Crippen molar-refractivity contribution < 1.29 is 0 Å². The van der Waals surface area contributed by atoms with E-state index >= 15 is 0 Å². The van der Waals surface area contributed by atoms with E-state index < -0.39 is 0 Å². The highest BCUT2D eigenvalue weighted by atomic mass is 35.5. The lowest BCUT2D eigenvalue weighted by atomic mass is 9.78. The lowest BCUT2D eigenvalue weighted by Crippen LogP contribution is -2.33. The molecule has 3 rings (SSSR count). The van der Waals surface area contributed by atoms with Gasteiger partial charge < -0.3 is 5.32 Å². The zero-order chi connectivity index (χ0) is 14.9. The normalized spacial score (nSPS) is 28.2. The van der Waals surface area contributed by atoms with E-state index in [-0.39, 0.29) is 5.54 Å². The van der Waals surface area contributed by atoms with Crippen LogP contribution in [-0.4, -0.2) is 16.5 Å². The molecular formula is C16H18ClN3S. The molecule has 0 bridgehead atoms. The number of aliphatic imine (C=N–C) groups is 1. The predicted octanol–water partition coefficient (Wildman–Crippen LogP) is 4.68. The number of nitrogens with zero attached hydrogens (tertiary/aromatic N) is 2. The Morgan fingerprint density at radius 2 is 2.38 bits per heavy atom. The summed E-state index contributed by atoms with van der Waals surface area (Å²) in [7, 11) is 0. The summed E-state index contributed by atoms with van der Waals surface area (Å²) in [6, 6.07) is 7.39. The van der Waals surface area contributed by atoms with Crippen LogP contribution in [0.4, 0.5) is 5.69 Å². The van der Waals surface area contributed by atoms with Crippen LogP contribution in [0.25, 0.3) is 0 Å². The molecular weight excluding hydrogens is 302 g/mol. The molecule has 1 aromatic rings. The van der Waals surface area contributed by atoms with Gasteiger partial charge in [0.25, 0.3) is 0 Å². The summed E-state index contributed by atoms with van der Waals surface area (Å²) >= 11 is 7.96. The number of rotatable bonds is 1. The molecule has 0 saturated heterocycles. The van der Waals surface area contributed by atoms with Gasteiger partial charge in [-0.3, -0.25) is 4.99 Å². The van der Waals surface area contributed by atoms with Crippen LogP contribution in [0.3, 0.4) is 0 Å². The van der Waals surface area contributed by atoms with E-state index in [1.165, 1.54) is 25.7 Å². The number of amidine groups is 1. The second-order valence-electron chi connectivity index (χ2n) is 6.06. The highest BCUT2D eigenvalue weighted by molar-refractivity contribution is 8.14. The molecule has 5 heteroatoms. The van der Waals surface area contributed by atoms with E-state index in [1.54, 1.807) is 30.0 Å². The van der Waals surface area contributed by atoms with E-state index in [4.69, 9.17) is 21.9 Å². The van der Waals surface area contributed by atoms with Crippen LogP contribution >= 0.6 is 23.4 Å². The fraction of sp³-hybridized carbons (Fsp3) is 0.500. The van der Waals surface area contributed by atoms with Gasteiger partial charge in [-0.15, -0.1) is 0 Å². The average Bonchev–Trinajstić information content (AvgIpc) is 2.83. The van der Waals surface area contributed by atoms with Gasteiger partial charge >= 0.3 is 0 Å². The summed E-state index contributed by atoms with van der Waals surface area (Å²) in [6.45, 7) is 2.32. The molecule has 2 atom stereocenters. The Kier molecular flexibility index (Phi) is 4.14. The van der Waals surface area contributed by atoms with E-state index in [9.17, 15) is 0 Å². The van der Waals surface area contributed by atoms with Gasteiger partial charge in [0.05, 0.1) is 27.9 Å². The minimum atomic E-state index is 0.115. The van der Waals surface area contributed by atoms with Gasteiger partial charge in [-0.25, -0.2) is 0 Å². The van der Waals surface area contributed by atoms with E-state index in [1.807, 2.05) is 0 Å². The van der Waals surface area contributed by atoms with Crippen LogP contribution in [0.2, 0.25) is 5.02 Å². The summed E-state index contributed by atoms with van der Waals surface area (Å²) in [5.41, 5.74) is 1.48. The molecule has 3 nitrogen and oxygen atoms in total. The highest BCUT2D eigenvalue weighted by Crippen LogP contribution is 2.42. The summed E-state index contributed by atoms with van der Waals surface area (Å²) in [5, 5.41) is 13.8. The molecule has 1 N–H and O–H groups in total. The third kappa shape index (κ3) is 3.20. The summed E-state index contributed by atoms with van der Waals surface area (Å²) in [4.78, 5) is 4.95. The van der Waals surface area contributed by atoms with Crippen molar-refractivity contribution in [3.63, 3.8) is 0 Å². The van der Waals surface area contributed by atoms with Crippen LogP contribution in [0.15, 0.2) is 23.2 Å². The van der Waals surface area contributed by atoms with Crippen LogP contribution in [0.5, 0.6) is 0 Å². The summed E-state index contributed by atoms with van der Waals surface area (Å²) in [6.07, 6.45) is 4.95. The highest BCUT2D eigenvalue weighted by Gasteiger charge is 2.39. The maximum Gasteiger partial charge on any atom is 0.161 e. The molecule has 1 saturated carbocycles. The van der Waals surface area contributed by atoms with Crippen LogP contribution < -0.4 is 5.32 Å². The van der Waals surface area contributed by atoms with Crippen molar-refractivity contribution in [1.29, 1.82) is 5.26 Å². The molecule has 0 amide bonds. The second-order valence-corrected chi connectivity index (χ2v) is 7.43. The fourth-order valence-corrected chi connectivity index (χ4v) is 4.55. The van der Waals surface area contributed by atoms with Crippen molar-refractivity contribution in [2.75, 3.05) is 11.1 Å². The summed E-state index contributed by atoms with van der Waals surface area (Å²) in [5.74, 6) is 1.81. The Labute approximate surface area is 134 Å². The third-order valence-corrected chi connectivity index (χ3v) is 5.70. The fourth-order valence-electron chi connectivity index (χ4n) is 3.22. The van der Waals surface area contributed by atoms with Crippen molar-refractivity contribution in [1.82, 2.24) is 0 Å². The Balaban J connectivity index is 1.79. The number of thioether (sulfide) groups is 1. The number of hydrogen-bond donors (Lipinski definition) is 1. The summed E-state index contributed by atoms with van der Waals surface area (Å²) < 4.78 is 0. The zero-order valence-electron chi connectivity index (χ0n) is 12.0. The second kappa shape index (κ2) is 5.90. The Morgan fingerprint density at radius 1 is 1.52 bits per heavy atom. The third-order valence-electron chi connectivity index (χ3n) is 4.22. The number of nitrogens with one attached hydrogen (secondary N) is 1. The van der Waals surface area contributed by atoms with Gasteiger partial charge in [0.15, 0.2) is 5.17 Å².